The Labute approximate surface area is 170 Å². The largest absolute Gasteiger partial charge is 0.369 e. The van der Waals surface area contributed by atoms with E-state index in [1.165, 1.54) is 10.3 Å². The molecule has 2 heterocycles. The lowest BCUT2D eigenvalue weighted by Crippen LogP contribution is -2.47. The number of anilines is 1. The van der Waals surface area contributed by atoms with Gasteiger partial charge in [-0.25, -0.2) is 4.79 Å². The van der Waals surface area contributed by atoms with Crippen LogP contribution in [0.3, 0.4) is 0 Å². The van der Waals surface area contributed by atoms with E-state index in [1.54, 1.807) is 4.57 Å². The van der Waals surface area contributed by atoms with Gasteiger partial charge in [0.1, 0.15) is 0 Å². The fraction of sp³-hybridized carbons (Fsp3) is 0.391. The molecule has 0 bridgehead atoms. The maximum atomic E-state index is 12.8. The molecule has 1 aliphatic rings. The molecule has 0 unspecified atom stereocenters. The van der Waals surface area contributed by atoms with Crippen LogP contribution in [-0.4, -0.2) is 46.8 Å². The summed E-state index contributed by atoms with van der Waals surface area (Å²) in [5.74, 6) is 0. The van der Waals surface area contributed by atoms with Crippen LogP contribution >= 0.6 is 0 Å². The summed E-state index contributed by atoms with van der Waals surface area (Å²) in [6.07, 6.45) is 0.886. The molecule has 4 rings (SSSR count). The monoisotopic (exact) mass is 392 g/mol. The van der Waals surface area contributed by atoms with Crippen LogP contribution in [0.5, 0.6) is 0 Å². The molecule has 0 saturated carbocycles. The van der Waals surface area contributed by atoms with Crippen molar-refractivity contribution in [1.82, 2.24) is 14.0 Å². The van der Waals surface area contributed by atoms with Gasteiger partial charge in [0.05, 0.1) is 10.9 Å². The van der Waals surface area contributed by atoms with Gasteiger partial charge in [-0.3, -0.25) is 18.8 Å². The summed E-state index contributed by atoms with van der Waals surface area (Å²) in [5, 5.41) is 0.616. The van der Waals surface area contributed by atoms with E-state index in [0.717, 1.165) is 44.7 Å². The summed E-state index contributed by atoms with van der Waals surface area (Å²) in [6, 6.07) is 18.0. The van der Waals surface area contributed by atoms with Crippen molar-refractivity contribution >= 4 is 16.6 Å². The first-order chi connectivity index (χ1) is 14.2. The highest BCUT2D eigenvalue weighted by molar-refractivity contribution is 5.77. The second-order valence-electron chi connectivity index (χ2n) is 7.52. The number of rotatable bonds is 6. The van der Waals surface area contributed by atoms with E-state index in [4.69, 9.17) is 0 Å². The Hall–Kier alpha value is -2.86. The summed E-state index contributed by atoms with van der Waals surface area (Å²) in [7, 11) is 0. The van der Waals surface area contributed by atoms with Crippen LogP contribution in [0.15, 0.2) is 64.2 Å². The minimum Gasteiger partial charge on any atom is -0.369 e. The van der Waals surface area contributed by atoms with Crippen LogP contribution in [0, 0.1) is 0 Å². The highest BCUT2D eigenvalue weighted by atomic mass is 16.2. The summed E-state index contributed by atoms with van der Waals surface area (Å²) >= 11 is 0. The Morgan fingerprint density at radius 1 is 0.793 bits per heavy atom. The second-order valence-corrected chi connectivity index (χ2v) is 7.52. The molecule has 1 aromatic heterocycles. The molecule has 1 fully saturated rings. The summed E-state index contributed by atoms with van der Waals surface area (Å²) < 4.78 is 3.10. The summed E-state index contributed by atoms with van der Waals surface area (Å²) in [5.41, 5.74) is 1.62. The zero-order valence-corrected chi connectivity index (χ0v) is 17.0. The van der Waals surface area contributed by atoms with Gasteiger partial charge in [0.15, 0.2) is 0 Å². The van der Waals surface area contributed by atoms with E-state index in [0.29, 0.717) is 18.5 Å². The van der Waals surface area contributed by atoms with Gasteiger partial charge in [-0.15, -0.1) is 0 Å². The molecule has 1 saturated heterocycles. The molecule has 0 radical (unpaired) electrons. The lowest BCUT2D eigenvalue weighted by Gasteiger charge is -2.36. The third-order valence-electron chi connectivity index (χ3n) is 5.80. The molecule has 6 heteroatoms. The first kappa shape index (κ1) is 19.5. The van der Waals surface area contributed by atoms with Crippen molar-refractivity contribution in [2.45, 2.75) is 26.4 Å². The minimum absolute atomic E-state index is 0.193. The van der Waals surface area contributed by atoms with Gasteiger partial charge in [0, 0.05) is 45.0 Å². The molecule has 1 aliphatic heterocycles. The highest BCUT2D eigenvalue weighted by Gasteiger charge is 2.17. The van der Waals surface area contributed by atoms with Gasteiger partial charge in [0.2, 0.25) is 0 Å². The summed E-state index contributed by atoms with van der Waals surface area (Å²) in [6.45, 7) is 7.91. The quantitative estimate of drug-likeness (QED) is 0.646. The van der Waals surface area contributed by atoms with Crippen LogP contribution < -0.4 is 16.1 Å². The van der Waals surface area contributed by atoms with Crippen molar-refractivity contribution in [3.05, 3.63) is 75.4 Å². The van der Waals surface area contributed by atoms with Gasteiger partial charge in [-0.2, -0.15) is 0 Å². The number of fused-ring (bicyclic) bond motifs is 1. The summed E-state index contributed by atoms with van der Waals surface area (Å²) in [4.78, 5) is 30.2. The molecule has 0 N–H and O–H groups in total. The van der Waals surface area contributed by atoms with E-state index < -0.39 is 0 Å². The molecular formula is C23H28N4O2. The van der Waals surface area contributed by atoms with Crippen molar-refractivity contribution < 1.29 is 0 Å². The lowest BCUT2D eigenvalue weighted by molar-refractivity contribution is 0.250. The molecule has 29 heavy (non-hydrogen) atoms. The molecule has 3 aromatic rings. The van der Waals surface area contributed by atoms with Crippen molar-refractivity contribution in [2.75, 3.05) is 37.6 Å². The molecule has 2 aromatic carbocycles. The normalized spacial score (nSPS) is 15.1. The van der Waals surface area contributed by atoms with Crippen LogP contribution in [0.25, 0.3) is 10.9 Å². The Kier molecular flexibility index (Phi) is 5.81. The SMILES string of the molecule is CCn1c(=O)c2ccccc2n(CCCN2CCN(c3ccccc3)CC2)c1=O. The highest BCUT2D eigenvalue weighted by Crippen LogP contribution is 2.16. The number of hydrogen-bond donors (Lipinski definition) is 0. The molecular weight excluding hydrogens is 364 g/mol. The zero-order valence-electron chi connectivity index (χ0n) is 17.0. The molecule has 6 nitrogen and oxygen atoms in total. The van der Waals surface area contributed by atoms with Crippen LogP contribution in [0.4, 0.5) is 5.69 Å². The first-order valence-electron chi connectivity index (χ1n) is 10.4. The average Bonchev–Trinajstić information content (AvgIpc) is 2.77. The maximum Gasteiger partial charge on any atom is 0.331 e. The van der Waals surface area contributed by atoms with Gasteiger partial charge in [-0.1, -0.05) is 30.3 Å². The number of para-hydroxylation sites is 2. The number of nitrogens with zero attached hydrogens (tertiary/aromatic N) is 4. The molecule has 0 amide bonds. The fourth-order valence-electron chi connectivity index (χ4n) is 4.19. The van der Waals surface area contributed by atoms with Gasteiger partial charge in [0.25, 0.3) is 5.56 Å². The molecule has 0 atom stereocenters. The minimum atomic E-state index is -0.204. The predicted molar refractivity (Wildman–Crippen MR) is 118 cm³/mol. The van der Waals surface area contributed by atoms with E-state index in [1.807, 2.05) is 37.3 Å². The molecule has 152 valence electrons. The Bertz CT molecular complexity index is 1080. The third kappa shape index (κ3) is 3.98. The smallest absolute Gasteiger partial charge is 0.331 e. The number of aryl methyl sites for hydroxylation is 1. The standard InChI is InChI=1S/C23H28N4O2/c1-2-26-22(28)20-11-6-7-12-21(20)27(23(26)29)14-8-13-24-15-17-25(18-16-24)19-9-4-3-5-10-19/h3-7,9-12H,2,8,13-18H2,1H3. The van der Waals surface area contributed by atoms with Crippen molar-refractivity contribution in [3.63, 3.8) is 0 Å². The lowest BCUT2D eigenvalue weighted by atomic mass is 10.2. The second kappa shape index (κ2) is 8.66. The van der Waals surface area contributed by atoms with Crippen molar-refractivity contribution in [3.8, 4) is 0 Å². The number of hydrogen-bond acceptors (Lipinski definition) is 4. The molecule has 0 spiro atoms. The number of piperazine rings is 1. The van der Waals surface area contributed by atoms with Gasteiger partial charge >= 0.3 is 5.69 Å². The van der Waals surface area contributed by atoms with Gasteiger partial charge < -0.3 is 4.90 Å². The van der Waals surface area contributed by atoms with Crippen molar-refractivity contribution in [1.29, 1.82) is 0 Å². The van der Waals surface area contributed by atoms with Crippen LogP contribution in [0.1, 0.15) is 13.3 Å². The zero-order chi connectivity index (χ0) is 20.2. The van der Waals surface area contributed by atoms with E-state index in [-0.39, 0.29) is 11.2 Å². The third-order valence-corrected chi connectivity index (χ3v) is 5.80. The fourth-order valence-corrected chi connectivity index (χ4v) is 4.19. The van der Waals surface area contributed by atoms with E-state index in [2.05, 4.69) is 34.1 Å². The predicted octanol–water partition coefficient (Wildman–Crippen LogP) is 2.40. The Morgan fingerprint density at radius 2 is 1.48 bits per heavy atom. The number of aromatic nitrogens is 2. The molecule has 0 aliphatic carbocycles. The van der Waals surface area contributed by atoms with E-state index >= 15 is 0 Å². The Balaban J connectivity index is 1.41. The Morgan fingerprint density at radius 3 is 2.21 bits per heavy atom. The topological polar surface area (TPSA) is 50.5 Å². The number of benzene rings is 2. The first-order valence-corrected chi connectivity index (χ1v) is 10.4. The van der Waals surface area contributed by atoms with Crippen molar-refractivity contribution in [2.24, 2.45) is 0 Å². The van der Waals surface area contributed by atoms with Crippen LogP contribution in [-0.2, 0) is 13.1 Å². The van der Waals surface area contributed by atoms with Gasteiger partial charge in [-0.05, 0) is 44.2 Å². The maximum absolute atomic E-state index is 12.8. The van der Waals surface area contributed by atoms with Crippen LogP contribution in [0.2, 0.25) is 0 Å². The average molecular weight is 393 g/mol. The van der Waals surface area contributed by atoms with E-state index in [9.17, 15) is 9.59 Å².